The zero-order valence-corrected chi connectivity index (χ0v) is 14.7. The molecule has 0 saturated carbocycles. The lowest BCUT2D eigenvalue weighted by atomic mass is 9.92. The fourth-order valence-electron chi connectivity index (χ4n) is 3.65. The van der Waals surface area contributed by atoms with E-state index in [1.165, 1.54) is 28.6 Å². The molecule has 134 valence electrons. The highest BCUT2D eigenvalue weighted by Gasteiger charge is 2.27. The second-order valence-electron chi connectivity index (χ2n) is 6.82. The Kier molecular flexibility index (Phi) is 4.42. The first-order valence-electron chi connectivity index (χ1n) is 8.81. The Balaban J connectivity index is 1.58. The van der Waals surface area contributed by atoms with Gasteiger partial charge in [0.1, 0.15) is 0 Å². The Bertz CT molecular complexity index is 963. The molecule has 3 aromatic rings. The monoisotopic (exact) mass is 352 g/mol. The summed E-state index contributed by atoms with van der Waals surface area (Å²) in [5.74, 6) is -0.480. The number of fused-ring (bicyclic) bond motifs is 1. The predicted octanol–water partition coefficient (Wildman–Crippen LogP) is 2.69. The molecular formula is C20H21FN4O. The van der Waals surface area contributed by atoms with Gasteiger partial charge in [0.25, 0.3) is 5.56 Å². The van der Waals surface area contributed by atoms with E-state index in [-0.39, 0.29) is 17.4 Å². The molecule has 0 aliphatic heterocycles. The Morgan fingerprint density at radius 2 is 2.08 bits per heavy atom. The van der Waals surface area contributed by atoms with Crippen molar-refractivity contribution in [2.75, 3.05) is 7.05 Å². The third kappa shape index (κ3) is 3.08. The predicted molar refractivity (Wildman–Crippen MR) is 97.9 cm³/mol. The van der Waals surface area contributed by atoms with Crippen molar-refractivity contribution in [1.29, 1.82) is 0 Å². The lowest BCUT2D eigenvalue weighted by Gasteiger charge is -2.30. The summed E-state index contributed by atoms with van der Waals surface area (Å²) in [5.41, 5.74) is 2.69. The summed E-state index contributed by atoms with van der Waals surface area (Å²) < 4.78 is 15.3. The topological polar surface area (TPSA) is 53.9 Å². The molecule has 0 fully saturated rings. The van der Waals surface area contributed by atoms with Gasteiger partial charge >= 0.3 is 0 Å². The van der Waals surface area contributed by atoms with E-state index < -0.39 is 5.82 Å². The van der Waals surface area contributed by atoms with Gasteiger partial charge in [-0.3, -0.25) is 14.8 Å². The van der Waals surface area contributed by atoms with E-state index >= 15 is 0 Å². The van der Waals surface area contributed by atoms with E-state index in [9.17, 15) is 9.18 Å². The lowest BCUT2D eigenvalue weighted by Crippen LogP contribution is -2.37. The maximum atomic E-state index is 14.0. The molecule has 1 unspecified atom stereocenters. The SMILES string of the molecule is CN(Cc1ccccc1)C1CCc2[nH]n(-c3ncccc3F)c(=O)c2C1. The fraction of sp³-hybridized carbons (Fsp3) is 0.300. The number of nitrogens with zero attached hydrogens (tertiary/aromatic N) is 3. The van der Waals surface area contributed by atoms with Crippen LogP contribution in [-0.2, 0) is 19.4 Å². The minimum absolute atomic E-state index is 0.0288. The highest BCUT2D eigenvalue weighted by Crippen LogP contribution is 2.22. The van der Waals surface area contributed by atoms with Crippen molar-refractivity contribution in [2.24, 2.45) is 0 Å². The maximum Gasteiger partial charge on any atom is 0.276 e. The average molecular weight is 352 g/mol. The van der Waals surface area contributed by atoms with Gasteiger partial charge in [-0.1, -0.05) is 30.3 Å². The number of nitrogens with one attached hydrogen (secondary N) is 1. The van der Waals surface area contributed by atoms with E-state index in [4.69, 9.17) is 0 Å². The second-order valence-corrected chi connectivity index (χ2v) is 6.82. The van der Waals surface area contributed by atoms with Gasteiger partial charge in [0.15, 0.2) is 11.6 Å². The van der Waals surface area contributed by atoms with Crippen LogP contribution in [0.3, 0.4) is 0 Å². The Hall–Kier alpha value is -2.73. The summed E-state index contributed by atoms with van der Waals surface area (Å²) in [6.45, 7) is 0.842. The number of aromatic amines is 1. The summed E-state index contributed by atoms with van der Waals surface area (Å²) in [4.78, 5) is 19.1. The molecular weight excluding hydrogens is 331 g/mol. The first-order chi connectivity index (χ1) is 12.6. The molecule has 5 nitrogen and oxygen atoms in total. The maximum absolute atomic E-state index is 14.0. The first-order valence-corrected chi connectivity index (χ1v) is 8.81. The third-order valence-corrected chi connectivity index (χ3v) is 5.09. The number of aromatic nitrogens is 3. The molecule has 1 aliphatic carbocycles. The molecule has 4 rings (SSSR count). The van der Waals surface area contributed by atoms with Crippen LogP contribution in [-0.4, -0.2) is 32.8 Å². The van der Waals surface area contributed by atoms with Crippen molar-refractivity contribution in [1.82, 2.24) is 19.7 Å². The molecule has 6 heteroatoms. The largest absolute Gasteiger partial charge is 0.299 e. The number of likely N-dealkylation sites (N-methyl/N-ethyl adjacent to an activating group) is 1. The smallest absolute Gasteiger partial charge is 0.276 e. The third-order valence-electron chi connectivity index (χ3n) is 5.09. The van der Waals surface area contributed by atoms with Gasteiger partial charge < -0.3 is 0 Å². The van der Waals surface area contributed by atoms with Crippen molar-refractivity contribution in [3.05, 3.63) is 81.7 Å². The van der Waals surface area contributed by atoms with Crippen LogP contribution in [0, 0.1) is 5.82 Å². The van der Waals surface area contributed by atoms with Crippen LogP contribution in [0.1, 0.15) is 23.2 Å². The lowest BCUT2D eigenvalue weighted by molar-refractivity contribution is 0.213. The molecule has 1 atom stereocenters. The van der Waals surface area contributed by atoms with Gasteiger partial charge in [-0.05, 0) is 44.0 Å². The minimum Gasteiger partial charge on any atom is -0.299 e. The molecule has 0 spiro atoms. The highest BCUT2D eigenvalue weighted by molar-refractivity contribution is 5.30. The van der Waals surface area contributed by atoms with Crippen LogP contribution in [0.5, 0.6) is 0 Å². The molecule has 0 amide bonds. The number of hydrogen-bond donors (Lipinski definition) is 1. The quantitative estimate of drug-likeness (QED) is 0.785. The molecule has 0 bridgehead atoms. The van der Waals surface area contributed by atoms with Gasteiger partial charge in [0.05, 0.1) is 0 Å². The standard InChI is InChI=1S/C20H21FN4O/c1-24(13-14-6-3-2-4-7-14)15-9-10-18-16(12-15)20(26)25(23-18)19-17(21)8-5-11-22-19/h2-8,11,15,23H,9-10,12-13H2,1H3. The molecule has 1 aromatic carbocycles. The number of pyridine rings is 1. The summed E-state index contributed by atoms with van der Waals surface area (Å²) in [6, 6.07) is 13.4. The molecule has 1 N–H and O–H groups in total. The van der Waals surface area contributed by atoms with E-state index in [1.54, 1.807) is 0 Å². The van der Waals surface area contributed by atoms with E-state index in [2.05, 4.69) is 34.2 Å². The molecule has 26 heavy (non-hydrogen) atoms. The summed E-state index contributed by atoms with van der Waals surface area (Å²) >= 11 is 0. The average Bonchev–Trinajstić information content (AvgIpc) is 2.99. The molecule has 0 saturated heterocycles. The number of hydrogen-bond acceptors (Lipinski definition) is 3. The summed E-state index contributed by atoms with van der Waals surface area (Å²) in [7, 11) is 2.09. The molecule has 1 aliphatic rings. The number of halogens is 1. The van der Waals surface area contributed by atoms with E-state index in [0.29, 0.717) is 6.42 Å². The van der Waals surface area contributed by atoms with Crippen LogP contribution >= 0.6 is 0 Å². The number of aryl methyl sites for hydroxylation is 1. The van der Waals surface area contributed by atoms with Crippen molar-refractivity contribution in [2.45, 2.75) is 31.8 Å². The summed E-state index contributed by atoms with van der Waals surface area (Å²) in [5, 5.41) is 3.05. The second kappa shape index (κ2) is 6.88. The zero-order chi connectivity index (χ0) is 18.1. The number of H-pyrrole nitrogens is 1. The van der Waals surface area contributed by atoms with Crippen LogP contribution in [0.2, 0.25) is 0 Å². The Labute approximate surface area is 151 Å². The number of benzene rings is 1. The number of rotatable bonds is 4. The Morgan fingerprint density at radius 1 is 1.27 bits per heavy atom. The Morgan fingerprint density at radius 3 is 2.85 bits per heavy atom. The molecule has 2 aromatic heterocycles. The fourth-order valence-corrected chi connectivity index (χ4v) is 3.65. The van der Waals surface area contributed by atoms with Gasteiger partial charge in [-0.15, -0.1) is 0 Å². The van der Waals surface area contributed by atoms with Gasteiger partial charge in [0, 0.05) is 30.0 Å². The van der Waals surface area contributed by atoms with Gasteiger partial charge in [-0.2, -0.15) is 4.68 Å². The van der Waals surface area contributed by atoms with Crippen LogP contribution in [0.4, 0.5) is 4.39 Å². The normalized spacial score (nSPS) is 16.7. The van der Waals surface area contributed by atoms with Gasteiger partial charge in [0.2, 0.25) is 0 Å². The van der Waals surface area contributed by atoms with Crippen LogP contribution in [0.15, 0.2) is 53.5 Å². The van der Waals surface area contributed by atoms with Crippen LogP contribution in [0.25, 0.3) is 5.82 Å². The van der Waals surface area contributed by atoms with Crippen molar-refractivity contribution in [3.8, 4) is 5.82 Å². The highest BCUT2D eigenvalue weighted by atomic mass is 19.1. The van der Waals surface area contributed by atoms with E-state index in [1.807, 2.05) is 18.2 Å². The molecule has 0 radical (unpaired) electrons. The minimum atomic E-state index is -0.508. The molecule has 2 heterocycles. The summed E-state index contributed by atoms with van der Waals surface area (Å²) in [6.07, 6.45) is 3.88. The first kappa shape index (κ1) is 16.7. The van der Waals surface area contributed by atoms with Gasteiger partial charge in [-0.25, -0.2) is 9.37 Å². The zero-order valence-electron chi connectivity index (χ0n) is 14.7. The van der Waals surface area contributed by atoms with Crippen molar-refractivity contribution >= 4 is 0 Å². The van der Waals surface area contributed by atoms with Crippen molar-refractivity contribution < 1.29 is 4.39 Å². The van der Waals surface area contributed by atoms with Crippen LogP contribution < -0.4 is 5.56 Å². The van der Waals surface area contributed by atoms with Crippen molar-refractivity contribution in [3.63, 3.8) is 0 Å². The van der Waals surface area contributed by atoms with E-state index in [0.717, 1.165) is 30.6 Å².